The molecule has 0 aliphatic carbocycles. The standard InChI is InChI=1S/C18H18ClN5O2/c19-12-4-5-16(23-7-1-3-13(25)11-23)15(9-12)22-18(26)14-10-21-24-8-2-6-20-17(14)24/h2,4-6,8-10,13,25H,1,3,7,11H2,(H,22,26). The van der Waals surface area contributed by atoms with E-state index >= 15 is 0 Å². The van der Waals surface area contributed by atoms with Crippen LogP contribution in [0.2, 0.25) is 5.02 Å². The first kappa shape index (κ1) is 16.8. The van der Waals surface area contributed by atoms with Gasteiger partial charge < -0.3 is 15.3 Å². The number of benzene rings is 1. The summed E-state index contributed by atoms with van der Waals surface area (Å²) in [6.07, 6.45) is 6.17. The molecule has 26 heavy (non-hydrogen) atoms. The van der Waals surface area contributed by atoms with Gasteiger partial charge in [0, 0.05) is 30.5 Å². The van der Waals surface area contributed by atoms with Crippen LogP contribution >= 0.6 is 11.6 Å². The molecule has 1 aliphatic rings. The highest BCUT2D eigenvalue weighted by atomic mass is 35.5. The molecular weight excluding hydrogens is 354 g/mol. The summed E-state index contributed by atoms with van der Waals surface area (Å²) in [5, 5.41) is 17.6. The van der Waals surface area contributed by atoms with Crippen molar-refractivity contribution >= 4 is 34.5 Å². The van der Waals surface area contributed by atoms with E-state index in [1.54, 1.807) is 35.1 Å². The molecule has 8 heteroatoms. The second kappa shape index (κ2) is 6.93. The van der Waals surface area contributed by atoms with Crippen LogP contribution < -0.4 is 10.2 Å². The molecule has 1 amide bonds. The Morgan fingerprint density at radius 1 is 1.38 bits per heavy atom. The normalized spacial score (nSPS) is 17.5. The van der Waals surface area contributed by atoms with Gasteiger partial charge in [-0.2, -0.15) is 5.10 Å². The van der Waals surface area contributed by atoms with Crippen LogP contribution in [0.15, 0.2) is 42.9 Å². The molecular formula is C18H18ClN5O2. The molecule has 2 aromatic heterocycles. The minimum absolute atomic E-state index is 0.306. The van der Waals surface area contributed by atoms with Gasteiger partial charge in [-0.3, -0.25) is 4.79 Å². The van der Waals surface area contributed by atoms with Gasteiger partial charge in [0.2, 0.25) is 0 Å². The van der Waals surface area contributed by atoms with Crippen LogP contribution in [0.25, 0.3) is 5.65 Å². The number of anilines is 2. The Hall–Kier alpha value is -2.64. The van der Waals surface area contributed by atoms with Crippen LogP contribution in [0.3, 0.4) is 0 Å². The highest BCUT2D eigenvalue weighted by molar-refractivity contribution is 6.31. The van der Waals surface area contributed by atoms with Crippen molar-refractivity contribution in [3.8, 4) is 0 Å². The van der Waals surface area contributed by atoms with Crippen LogP contribution in [-0.4, -0.2) is 44.8 Å². The van der Waals surface area contributed by atoms with E-state index in [9.17, 15) is 9.90 Å². The number of hydrogen-bond acceptors (Lipinski definition) is 5. The van der Waals surface area contributed by atoms with Gasteiger partial charge in [0.05, 0.1) is 23.7 Å². The SMILES string of the molecule is O=C(Nc1cc(Cl)ccc1N1CCCC(O)C1)c1cnn2cccnc12. The molecule has 0 spiro atoms. The van der Waals surface area contributed by atoms with E-state index in [1.165, 1.54) is 6.20 Å². The van der Waals surface area contributed by atoms with E-state index in [2.05, 4.69) is 20.3 Å². The first-order chi connectivity index (χ1) is 12.6. The first-order valence-electron chi connectivity index (χ1n) is 8.44. The van der Waals surface area contributed by atoms with Crippen LogP contribution in [0, 0.1) is 0 Å². The molecule has 0 bridgehead atoms. The number of nitrogens with one attached hydrogen (secondary N) is 1. The van der Waals surface area contributed by atoms with Gasteiger partial charge in [-0.25, -0.2) is 9.50 Å². The average molecular weight is 372 g/mol. The van der Waals surface area contributed by atoms with Crippen molar-refractivity contribution in [2.45, 2.75) is 18.9 Å². The molecule has 7 nitrogen and oxygen atoms in total. The number of aliphatic hydroxyl groups is 1. The lowest BCUT2D eigenvalue weighted by molar-refractivity contribution is 0.102. The number of rotatable bonds is 3. The summed E-state index contributed by atoms with van der Waals surface area (Å²) in [4.78, 5) is 19.1. The Labute approximate surface area is 155 Å². The maximum atomic E-state index is 12.8. The number of carbonyl (C=O) groups is 1. The topological polar surface area (TPSA) is 82.8 Å². The summed E-state index contributed by atoms with van der Waals surface area (Å²) in [7, 11) is 0. The smallest absolute Gasteiger partial charge is 0.261 e. The Balaban J connectivity index is 1.65. The molecule has 1 fully saturated rings. The minimum atomic E-state index is -0.369. The number of β-amino-alcohol motifs (C(OH)–C–C–N with tert-alkyl or cyclic N) is 1. The molecule has 4 rings (SSSR count). The summed E-state index contributed by atoms with van der Waals surface area (Å²) in [6, 6.07) is 7.11. The maximum absolute atomic E-state index is 12.8. The van der Waals surface area contributed by atoms with Crippen molar-refractivity contribution in [1.82, 2.24) is 14.6 Å². The molecule has 2 N–H and O–H groups in total. The molecule has 3 aromatic rings. The van der Waals surface area contributed by atoms with Gasteiger partial charge in [-0.15, -0.1) is 0 Å². The third-order valence-electron chi connectivity index (χ3n) is 4.47. The van der Waals surface area contributed by atoms with E-state index in [0.717, 1.165) is 25.1 Å². The minimum Gasteiger partial charge on any atom is -0.391 e. The van der Waals surface area contributed by atoms with Crippen molar-refractivity contribution in [3.63, 3.8) is 0 Å². The van der Waals surface area contributed by atoms with E-state index < -0.39 is 0 Å². The molecule has 1 unspecified atom stereocenters. The lowest BCUT2D eigenvalue weighted by Crippen LogP contribution is -2.38. The number of aliphatic hydroxyl groups excluding tert-OH is 1. The highest BCUT2D eigenvalue weighted by Gasteiger charge is 2.22. The predicted molar refractivity (Wildman–Crippen MR) is 99.8 cm³/mol. The lowest BCUT2D eigenvalue weighted by atomic mass is 10.1. The summed E-state index contributed by atoms with van der Waals surface area (Å²) >= 11 is 6.14. The highest BCUT2D eigenvalue weighted by Crippen LogP contribution is 2.31. The van der Waals surface area contributed by atoms with Gasteiger partial charge in [-0.1, -0.05) is 11.6 Å². The molecule has 134 valence electrons. The number of piperidine rings is 1. The summed E-state index contributed by atoms with van der Waals surface area (Å²) in [5.74, 6) is -0.306. The molecule has 0 radical (unpaired) electrons. The zero-order chi connectivity index (χ0) is 18.1. The molecule has 3 heterocycles. The van der Waals surface area contributed by atoms with Crippen molar-refractivity contribution in [2.75, 3.05) is 23.3 Å². The summed E-state index contributed by atoms with van der Waals surface area (Å²) in [6.45, 7) is 1.35. The summed E-state index contributed by atoms with van der Waals surface area (Å²) < 4.78 is 1.55. The number of hydrogen-bond donors (Lipinski definition) is 2. The zero-order valence-electron chi connectivity index (χ0n) is 14.0. The summed E-state index contributed by atoms with van der Waals surface area (Å²) in [5.41, 5.74) is 2.31. The van der Waals surface area contributed by atoms with Crippen LogP contribution in [0.5, 0.6) is 0 Å². The molecule has 1 saturated heterocycles. The third kappa shape index (κ3) is 3.23. The Morgan fingerprint density at radius 3 is 3.12 bits per heavy atom. The van der Waals surface area contributed by atoms with Crippen molar-refractivity contribution in [1.29, 1.82) is 0 Å². The molecule has 0 saturated carbocycles. The largest absolute Gasteiger partial charge is 0.391 e. The average Bonchev–Trinajstić information content (AvgIpc) is 3.06. The van der Waals surface area contributed by atoms with E-state index in [0.29, 0.717) is 28.5 Å². The monoisotopic (exact) mass is 371 g/mol. The van der Waals surface area contributed by atoms with E-state index in [-0.39, 0.29) is 12.0 Å². The number of halogens is 1. The molecule has 1 aromatic carbocycles. The maximum Gasteiger partial charge on any atom is 0.261 e. The third-order valence-corrected chi connectivity index (χ3v) is 4.70. The fourth-order valence-corrected chi connectivity index (χ4v) is 3.41. The second-order valence-corrected chi connectivity index (χ2v) is 6.74. The quantitative estimate of drug-likeness (QED) is 0.739. The fourth-order valence-electron chi connectivity index (χ4n) is 3.23. The van der Waals surface area contributed by atoms with Gasteiger partial charge in [0.15, 0.2) is 5.65 Å². The zero-order valence-corrected chi connectivity index (χ0v) is 14.7. The fraction of sp³-hybridized carbons (Fsp3) is 0.278. The van der Waals surface area contributed by atoms with Crippen LogP contribution in [0.1, 0.15) is 23.2 Å². The Kier molecular flexibility index (Phi) is 4.48. The van der Waals surface area contributed by atoms with Gasteiger partial charge in [0.25, 0.3) is 5.91 Å². The van der Waals surface area contributed by atoms with Crippen molar-refractivity contribution < 1.29 is 9.90 Å². The second-order valence-electron chi connectivity index (χ2n) is 6.30. The van der Waals surface area contributed by atoms with E-state index in [1.807, 2.05) is 6.07 Å². The van der Waals surface area contributed by atoms with E-state index in [4.69, 9.17) is 11.6 Å². The number of carbonyl (C=O) groups excluding carboxylic acids is 1. The number of nitrogens with zero attached hydrogens (tertiary/aromatic N) is 4. The number of aromatic nitrogens is 3. The Bertz CT molecular complexity index is 958. The van der Waals surface area contributed by atoms with Crippen molar-refractivity contribution in [3.05, 3.63) is 53.4 Å². The van der Waals surface area contributed by atoms with Gasteiger partial charge in [0.1, 0.15) is 5.56 Å². The van der Waals surface area contributed by atoms with Crippen LogP contribution in [0.4, 0.5) is 11.4 Å². The molecule has 1 atom stereocenters. The molecule has 1 aliphatic heterocycles. The Morgan fingerprint density at radius 2 is 2.27 bits per heavy atom. The lowest BCUT2D eigenvalue weighted by Gasteiger charge is -2.33. The van der Waals surface area contributed by atoms with Crippen molar-refractivity contribution in [2.24, 2.45) is 0 Å². The number of fused-ring (bicyclic) bond motifs is 1. The van der Waals surface area contributed by atoms with Gasteiger partial charge >= 0.3 is 0 Å². The first-order valence-corrected chi connectivity index (χ1v) is 8.82. The van der Waals surface area contributed by atoms with Crippen LogP contribution in [-0.2, 0) is 0 Å². The predicted octanol–water partition coefficient (Wildman–Crippen LogP) is 2.60. The van der Waals surface area contributed by atoms with Gasteiger partial charge in [-0.05, 0) is 37.1 Å². The number of amides is 1.